The van der Waals surface area contributed by atoms with Crippen molar-refractivity contribution in [3.8, 4) is 0 Å². The average molecular weight is 303 g/mol. The van der Waals surface area contributed by atoms with Crippen LogP contribution in [0.25, 0.3) is 0 Å². The smallest absolute Gasteiger partial charge is 0.322 e. The molecule has 0 radical (unpaired) electrons. The maximum atomic E-state index is 12.2. The van der Waals surface area contributed by atoms with Gasteiger partial charge in [-0.2, -0.15) is 0 Å². The predicted octanol–water partition coefficient (Wildman–Crippen LogP) is 2.20. The number of aromatic nitrogens is 2. The fourth-order valence-electron chi connectivity index (χ4n) is 2.23. The second-order valence-electron chi connectivity index (χ2n) is 4.92. The van der Waals surface area contributed by atoms with Crippen LogP contribution in [0.4, 0.5) is 15.6 Å². The van der Waals surface area contributed by atoms with Gasteiger partial charge in [-0.1, -0.05) is 0 Å². The molecule has 0 atom stereocenters. The molecular weight excluding hydrogens is 286 g/mol. The lowest BCUT2D eigenvalue weighted by Gasteiger charge is -2.34. The maximum Gasteiger partial charge on any atom is 0.322 e. The van der Waals surface area contributed by atoms with Gasteiger partial charge in [0.05, 0.1) is 17.6 Å². The standard InChI is InChI=1S/C14H17N5OS/c1-11-10-21-14(16-11)19-7-5-18(6-8-19)13(20)17-12-3-2-4-15-9-12/h2-4,9-10H,5-8H2,1H3,(H,17,20). The molecule has 0 spiro atoms. The van der Waals surface area contributed by atoms with Gasteiger partial charge in [0.15, 0.2) is 5.13 Å². The zero-order valence-electron chi connectivity index (χ0n) is 11.8. The molecule has 1 saturated heterocycles. The first kappa shape index (κ1) is 13.8. The van der Waals surface area contributed by atoms with Gasteiger partial charge in [-0.25, -0.2) is 9.78 Å². The molecular formula is C14H17N5OS. The van der Waals surface area contributed by atoms with E-state index >= 15 is 0 Å². The summed E-state index contributed by atoms with van der Waals surface area (Å²) < 4.78 is 0. The van der Waals surface area contributed by atoms with Gasteiger partial charge in [-0.05, 0) is 19.1 Å². The summed E-state index contributed by atoms with van der Waals surface area (Å²) in [5.74, 6) is 0. The molecule has 21 heavy (non-hydrogen) atoms. The number of hydrogen-bond acceptors (Lipinski definition) is 5. The first-order valence-corrected chi connectivity index (χ1v) is 7.73. The molecule has 0 bridgehead atoms. The van der Waals surface area contributed by atoms with E-state index in [1.165, 1.54) is 0 Å². The van der Waals surface area contributed by atoms with Crippen LogP contribution in [0.2, 0.25) is 0 Å². The van der Waals surface area contributed by atoms with Crippen LogP contribution in [0.15, 0.2) is 29.9 Å². The second-order valence-corrected chi connectivity index (χ2v) is 5.75. The van der Waals surface area contributed by atoms with E-state index in [9.17, 15) is 4.79 Å². The van der Waals surface area contributed by atoms with Crippen molar-refractivity contribution >= 4 is 28.2 Å². The number of piperazine rings is 1. The van der Waals surface area contributed by atoms with Crippen molar-refractivity contribution in [1.29, 1.82) is 0 Å². The summed E-state index contributed by atoms with van der Waals surface area (Å²) in [6.07, 6.45) is 3.33. The molecule has 0 aliphatic carbocycles. The number of amides is 2. The summed E-state index contributed by atoms with van der Waals surface area (Å²) in [6, 6.07) is 3.57. The van der Waals surface area contributed by atoms with Gasteiger partial charge in [-0.3, -0.25) is 4.98 Å². The van der Waals surface area contributed by atoms with Gasteiger partial charge in [0.25, 0.3) is 0 Å². The van der Waals surface area contributed by atoms with Crippen molar-refractivity contribution in [2.24, 2.45) is 0 Å². The third kappa shape index (κ3) is 3.30. The molecule has 1 aliphatic heterocycles. The molecule has 2 aromatic heterocycles. The highest BCUT2D eigenvalue weighted by Crippen LogP contribution is 2.21. The predicted molar refractivity (Wildman–Crippen MR) is 83.9 cm³/mol. The molecule has 0 saturated carbocycles. The Balaban J connectivity index is 1.54. The summed E-state index contributed by atoms with van der Waals surface area (Å²) in [5.41, 5.74) is 1.77. The van der Waals surface area contributed by atoms with Gasteiger partial charge >= 0.3 is 6.03 Å². The topological polar surface area (TPSA) is 61.4 Å². The number of carbonyl (C=O) groups is 1. The van der Waals surface area contributed by atoms with Crippen LogP contribution >= 0.6 is 11.3 Å². The molecule has 2 aromatic rings. The number of pyridine rings is 1. The molecule has 3 heterocycles. The third-order valence-electron chi connectivity index (χ3n) is 3.36. The summed E-state index contributed by atoms with van der Waals surface area (Å²) in [6.45, 7) is 5.02. The quantitative estimate of drug-likeness (QED) is 0.924. The summed E-state index contributed by atoms with van der Waals surface area (Å²) >= 11 is 1.66. The first-order chi connectivity index (χ1) is 10.2. The largest absolute Gasteiger partial charge is 0.345 e. The number of anilines is 2. The lowest BCUT2D eigenvalue weighted by Crippen LogP contribution is -2.50. The third-order valence-corrected chi connectivity index (χ3v) is 4.38. The van der Waals surface area contributed by atoms with E-state index in [4.69, 9.17) is 0 Å². The first-order valence-electron chi connectivity index (χ1n) is 6.85. The SMILES string of the molecule is Cc1csc(N2CCN(C(=O)Nc3cccnc3)CC2)n1. The average Bonchev–Trinajstić information content (AvgIpc) is 2.95. The number of rotatable bonds is 2. The Morgan fingerprint density at radius 3 is 2.76 bits per heavy atom. The molecule has 110 valence electrons. The maximum absolute atomic E-state index is 12.2. The second kappa shape index (κ2) is 6.09. The van der Waals surface area contributed by atoms with Crippen LogP contribution in [0.1, 0.15) is 5.69 Å². The van der Waals surface area contributed by atoms with Crippen molar-refractivity contribution in [2.75, 3.05) is 36.4 Å². The fourth-order valence-corrected chi connectivity index (χ4v) is 3.08. The van der Waals surface area contributed by atoms with Crippen LogP contribution in [-0.4, -0.2) is 47.1 Å². The molecule has 1 fully saturated rings. The van der Waals surface area contributed by atoms with E-state index in [2.05, 4.69) is 25.6 Å². The molecule has 0 unspecified atom stereocenters. The van der Waals surface area contributed by atoms with Crippen molar-refractivity contribution in [3.63, 3.8) is 0 Å². The fraction of sp³-hybridized carbons (Fsp3) is 0.357. The van der Waals surface area contributed by atoms with Crippen LogP contribution in [-0.2, 0) is 0 Å². The van der Waals surface area contributed by atoms with Gasteiger partial charge in [0.1, 0.15) is 0 Å². The van der Waals surface area contributed by atoms with Gasteiger partial charge < -0.3 is 15.1 Å². The highest BCUT2D eigenvalue weighted by Gasteiger charge is 2.22. The molecule has 2 amide bonds. The minimum atomic E-state index is -0.0713. The van der Waals surface area contributed by atoms with Crippen molar-refractivity contribution in [3.05, 3.63) is 35.6 Å². The molecule has 6 nitrogen and oxygen atoms in total. The van der Waals surface area contributed by atoms with Crippen molar-refractivity contribution < 1.29 is 4.79 Å². The minimum absolute atomic E-state index is 0.0713. The Morgan fingerprint density at radius 1 is 1.33 bits per heavy atom. The highest BCUT2D eigenvalue weighted by molar-refractivity contribution is 7.13. The Bertz CT molecular complexity index is 607. The molecule has 1 aliphatic rings. The van der Waals surface area contributed by atoms with Gasteiger partial charge in [0.2, 0.25) is 0 Å². The van der Waals surface area contributed by atoms with Crippen molar-refractivity contribution in [2.45, 2.75) is 6.92 Å². The summed E-state index contributed by atoms with van der Waals surface area (Å²) in [4.78, 5) is 24.7. The van der Waals surface area contributed by atoms with E-state index < -0.39 is 0 Å². The van der Waals surface area contributed by atoms with E-state index in [-0.39, 0.29) is 6.03 Å². The van der Waals surface area contributed by atoms with Crippen LogP contribution < -0.4 is 10.2 Å². The monoisotopic (exact) mass is 303 g/mol. The molecule has 1 N–H and O–H groups in total. The number of nitrogens with zero attached hydrogens (tertiary/aromatic N) is 4. The van der Waals surface area contributed by atoms with Crippen LogP contribution in [0.3, 0.4) is 0 Å². The zero-order chi connectivity index (χ0) is 14.7. The van der Waals surface area contributed by atoms with Crippen LogP contribution in [0.5, 0.6) is 0 Å². The number of thiazole rings is 1. The normalized spacial score (nSPS) is 15.1. The molecule has 0 aromatic carbocycles. The molecule has 7 heteroatoms. The molecule has 3 rings (SSSR count). The Hall–Kier alpha value is -2.15. The number of nitrogens with one attached hydrogen (secondary N) is 1. The van der Waals surface area contributed by atoms with E-state index in [1.54, 1.807) is 29.8 Å². The van der Waals surface area contributed by atoms with Crippen molar-refractivity contribution in [1.82, 2.24) is 14.9 Å². The number of hydrogen-bond donors (Lipinski definition) is 1. The summed E-state index contributed by atoms with van der Waals surface area (Å²) in [5, 5.41) is 5.96. The Morgan fingerprint density at radius 2 is 2.14 bits per heavy atom. The van der Waals surface area contributed by atoms with E-state index in [0.29, 0.717) is 13.1 Å². The lowest BCUT2D eigenvalue weighted by molar-refractivity contribution is 0.208. The lowest BCUT2D eigenvalue weighted by atomic mass is 10.3. The van der Waals surface area contributed by atoms with Gasteiger partial charge in [0, 0.05) is 37.8 Å². The number of urea groups is 1. The Labute approximate surface area is 127 Å². The highest BCUT2D eigenvalue weighted by atomic mass is 32.1. The number of carbonyl (C=O) groups excluding carboxylic acids is 1. The zero-order valence-corrected chi connectivity index (χ0v) is 12.6. The summed E-state index contributed by atoms with van der Waals surface area (Å²) in [7, 11) is 0. The number of aryl methyl sites for hydroxylation is 1. The van der Waals surface area contributed by atoms with Gasteiger partial charge in [-0.15, -0.1) is 11.3 Å². The Kier molecular flexibility index (Phi) is 4.01. The van der Waals surface area contributed by atoms with E-state index in [1.807, 2.05) is 17.9 Å². The van der Waals surface area contributed by atoms with E-state index in [0.717, 1.165) is 29.6 Å². The van der Waals surface area contributed by atoms with Crippen LogP contribution in [0, 0.1) is 6.92 Å². The minimum Gasteiger partial charge on any atom is -0.345 e.